The van der Waals surface area contributed by atoms with E-state index < -0.39 is 0 Å². The third-order valence-corrected chi connectivity index (χ3v) is 4.28. The van der Waals surface area contributed by atoms with Crippen LogP contribution in [0.5, 0.6) is 5.75 Å². The zero-order valence-electron chi connectivity index (χ0n) is 13.6. The number of imidazole rings is 1. The van der Waals surface area contributed by atoms with Crippen LogP contribution in [-0.4, -0.2) is 16.1 Å². The molecule has 3 aromatic rings. The fraction of sp³-hybridized carbons (Fsp3) is 0.200. The summed E-state index contributed by atoms with van der Waals surface area (Å²) in [7, 11) is 0. The minimum absolute atomic E-state index is 0.212. The first-order chi connectivity index (χ1) is 11.6. The molecule has 1 unspecified atom stereocenters. The summed E-state index contributed by atoms with van der Waals surface area (Å²) in [5.41, 5.74) is 5.63. The van der Waals surface area contributed by atoms with E-state index in [0.29, 0.717) is 11.4 Å². The number of aryl methyl sites for hydroxylation is 1. The van der Waals surface area contributed by atoms with Crippen LogP contribution in [0.2, 0.25) is 0 Å². The van der Waals surface area contributed by atoms with Crippen molar-refractivity contribution in [1.82, 2.24) is 9.97 Å². The van der Waals surface area contributed by atoms with Gasteiger partial charge in [-0.25, -0.2) is 4.98 Å². The smallest absolute Gasteiger partial charge is 0.149 e. The first-order valence-corrected chi connectivity index (χ1v) is 8.01. The lowest BCUT2D eigenvalue weighted by atomic mass is 10.0. The molecule has 0 saturated carbocycles. The van der Waals surface area contributed by atoms with Crippen molar-refractivity contribution in [3.63, 3.8) is 0 Å². The number of allylic oxidation sites excluding steroid dienone is 1. The average Bonchev–Trinajstić information content (AvgIpc) is 3.15. The van der Waals surface area contributed by atoms with Crippen LogP contribution in [0.1, 0.15) is 29.4 Å². The Morgan fingerprint density at radius 2 is 2.21 bits per heavy atom. The molecule has 0 fully saturated rings. The second-order valence-electron chi connectivity index (χ2n) is 6.23. The number of benzene rings is 2. The number of para-hydroxylation sites is 2. The topological polar surface area (TPSA) is 61.7 Å². The molecule has 24 heavy (non-hydrogen) atoms. The highest BCUT2D eigenvalue weighted by molar-refractivity contribution is 5.90. The molecular formula is C20H17N3O. The second kappa shape index (κ2) is 5.54. The zero-order valence-corrected chi connectivity index (χ0v) is 13.6. The van der Waals surface area contributed by atoms with Gasteiger partial charge in [0.15, 0.2) is 0 Å². The van der Waals surface area contributed by atoms with E-state index in [9.17, 15) is 5.26 Å². The quantitative estimate of drug-likeness (QED) is 0.719. The molecule has 1 aliphatic rings. The normalized spacial score (nSPS) is 16.7. The van der Waals surface area contributed by atoms with E-state index in [4.69, 9.17) is 4.74 Å². The van der Waals surface area contributed by atoms with Gasteiger partial charge in [0, 0.05) is 6.42 Å². The van der Waals surface area contributed by atoms with Gasteiger partial charge < -0.3 is 9.72 Å². The Hall–Kier alpha value is -3.06. The van der Waals surface area contributed by atoms with E-state index in [0.717, 1.165) is 34.3 Å². The largest absolute Gasteiger partial charge is 0.490 e. The van der Waals surface area contributed by atoms with Crippen molar-refractivity contribution < 1.29 is 4.74 Å². The van der Waals surface area contributed by atoms with Crippen LogP contribution in [0.25, 0.3) is 22.7 Å². The predicted octanol–water partition coefficient (Wildman–Crippen LogP) is 4.26. The van der Waals surface area contributed by atoms with E-state index in [2.05, 4.69) is 35.1 Å². The molecule has 2 aromatic carbocycles. The summed E-state index contributed by atoms with van der Waals surface area (Å²) in [6.45, 7) is 4.12. The number of nitrogens with zero attached hydrogens (tertiary/aromatic N) is 2. The number of nitriles is 1. The van der Waals surface area contributed by atoms with Crippen LogP contribution in [-0.2, 0) is 6.42 Å². The lowest BCUT2D eigenvalue weighted by Crippen LogP contribution is -2.05. The molecule has 0 aliphatic carbocycles. The molecule has 2 heterocycles. The lowest BCUT2D eigenvalue weighted by Gasteiger charge is -2.07. The highest BCUT2D eigenvalue weighted by Crippen LogP contribution is 2.34. The molecule has 1 aromatic heterocycles. The van der Waals surface area contributed by atoms with Gasteiger partial charge in [-0.1, -0.05) is 12.1 Å². The summed E-state index contributed by atoms with van der Waals surface area (Å²) in [4.78, 5) is 7.73. The van der Waals surface area contributed by atoms with Crippen LogP contribution < -0.4 is 4.74 Å². The lowest BCUT2D eigenvalue weighted by molar-refractivity contribution is 0.253. The fourth-order valence-corrected chi connectivity index (χ4v) is 3.23. The van der Waals surface area contributed by atoms with Gasteiger partial charge in [0.2, 0.25) is 0 Å². The summed E-state index contributed by atoms with van der Waals surface area (Å²) < 4.78 is 5.84. The Labute approximate surface area is 140 Å². The maximum atomic E-state index is 9.57. The molecule has 0 saturated heterocycles. The molecule has 1 N–H and O–H groups in total. The third-order valence-electron chi connectivity index (χ3n) is 4.28. The predicted molar refractivity (Wildman–Crippen MR) is 94.6 cm³/mol. The van der Waals surface area contributed by atoms with E-state index in [1.807, 2.05) is 37.3 Å². The molecule has 4 nitrogen and oxygen atoms in total. The van der Waals surface area contributed by atoms with E-state index in [1.165, 1.54) is 5.56 Å². The van der Waals surface area contributed by atoms with Crippen LogP contribution in [0, 0.1) is 18.3 Å². The van der Waals surface area contributed by atoms with E-state index >= 15 is 0 Å². The summed E-state index contributed by atoms with van der Waals surface area (Å²) in [5, 5.41) is 9.57. The molecule has 0 spiro atoms. The Morgan fingerprint density at radius 1 is 1.38 bits per heavy atom. The van der Waals surface area contributed by atoms with Gasteiger partial charge in [-0.3, -0.25) is 0 Å². The van der Waals surface area contributed by atoms with Gasteiger partial charge in [0.05, 0.1) is 16.6 Å². The molecule has 1 aliphatic heterocycles. The number of nitrogens with one attached hydrogen (secondary N) is 1. The van der Waals surface area contributed by atoms with Crippen LogP contribution in [0.4, 0.5) is 0 Å². The summed E-state index contributed by atoms with van der Waals surface area (Å²) in [5.74, 6) is 1.59. The van der Waals surface area contributed by atoms with Gasteiger partial charge in [-0.15, -0.1) is 0 Å². The first kappa shape index (κ1) is 14.5. The Kier molecular flexibility index (Phi) is 3.35. The first-order valence-electron chi connectivity index (χ1n) is 8.01. The minimum Gasteiger partial charge on any atom is -0.490 e. The standard InChI is InChI=1S/C20H17N3O/c1-12-7-14(9-15-8-13(2)24-19(12)15)10-16(11-21)20-22-17-5-3-4-6-18(17)23-20/h3-7,9-10,13H,8H2,1-2H3,(H,22,23). The van der Waals surface area contributed by atoms with Crippen molar-refractivity contribution in [2.75, 3.05) is 0 Å². The number of fused-ring (bicyclic) bond motifs is 2. The molecule has 4 heteroatoms. The number of hydrogen-bond acceptors (Lipinski definition) is 3. The molecule has 0 radical (unpaired) electrons. The number of ether oxygens (including phenoxy) is 1. The molecule has 0 bridgehead atoms. The van der Waals surface area contributed by atoms with Gasteiger partial charge in [-0.05, 0) is 60.9 Å². The third kappa shape index (κ3) is 2.44. The summed E-state index contributed by atoms with van der Waals surface area (Å²) in [6.07, 6.45) is 3.00. The van der Waals surface area contributed by atoms with Gasteiger partial charge in [0.25, 0.3) is 0 Å². The van der Waals surface area contributed by atoms with Crippen molar-refractivity contribution >= 4 is 22.7 Å². The molecule has 1 atom stereocenters. The number of rotatable bonds is 2. The van der Waals surface area contributed by atoms with Crippen LogP contribution in [0.15, 0.2) is 36.4 Å². The van der Waals surface area contributed by atoms with Crippen molar-refractivity contribution in [1.29, 1.82) is 5.26 Å². The highest BCUT2D eigenvalue weighted by Gasteiger charge is 2.21. The Bertz CT molecular complexity index is 974. The average molecular weight is 315 g/mol. The molecular weight excluding hydrogens is 298 g/mol. The number of aromatic amines is 1. The van der Waals surface area contributed by atoms with E-state index in [-0.39, 0.29) is 6.10 Å². The van der Waals surface area contributed by atoms with Crippen molar-refractivity contribution in [2.45, 2.75) is 26.4 Å². The molecule has 0 amide bonds. The summed E-state index contributed by atoms with van der Waals surface area (Å²) in [6, 6.07) is 14.2. The number of H-pyrrole nitrogens is 1. The second-order valence-corrected chi connectivity index (χ2v) is 6.23. The Morgan fingerprint density at radius 3 is 3.00 bits per heavy atom. The molecule has 4 rings (SSSR count). The van der Waals surface area contributed by atoms with Crippen molar-refractivity contribution in [2.24, 2.45) is 0 Å². The maximum Gasteiger partial charge on any atom is 0.149 e. The van der Waals surface area contributed by atoms with Crippen LogP contribution in [0.3, 0.4) is 0 Å². The van der Waals surface area contributed by atoms with Gasteiger partial charge in [0.1, 0.15) is 23.7 Å². The summed E-state index contributed by atoms with van der Waals surface area (Å²) >= 11 is 0. The Balaban J connectivity index is 1.77. The zero-order chi connectivity index (χ0) is 16.7. The SMILES string of the molecule is Cc1cc(C=C(C#N)c2nc3ccccc3[nH]2)cc2c1OC(C)C2. The monoisotopic (exact) mass is 315 g/mol. The maximum absolute atomic E-state index is 9.57. The number of hydrogen-bond donors (Lipinski definition) is 1. The number of aromatic nitrogens is 2. The van der Waals surface area contributed by atoms with Gasteiger partial charge in [-0.2, -0.15) is 5.26 Å². The fourth-order valence-electron chi connectivity index (χ4n) is 3.23. The molecule has 118 valence electrons. The highest BCUT2D eigenvalue weighted by atomic mass is 16.5. The van der Waals surface area contributed by atoms with Gasteiger partial charge >= 0.3 is 0 Å². The van der Waals surface area contributed by atoms with Crippen molar-refractivity contribution in [3.8, 4) is 11.8 Å². The van der Waals surface area contributed by atoms with Crippen molar-refractivity contribution in [3.05, 3.63) is 58.9 Å². The minimum atomic E-state index is 0.212. The van der Waals surface area contributed by atoms with E-state index in [1.54, 1.807) is 0 Å². The van der Waals surface area contributed by atoms with Crippen LogP contribution >= 0.6 is 0 Å².